The first-order valence-electron chi connectivity index (χ1n) is 8.41. The van der Waals surface area contributed by atoms with Gasteiger partial charge in [-0.3, -0.25) is 4.79 Å². The number of nitrogens with one attached hydrogen (secondary N) is 2. The van der Waals surface area contributed by atoms with Crippen molar-refractivity contribution < 1.29 is 17.7 Å². The molecule has 1 saturated carbocycles. The summed E-state index contributed by atoms with van der Waals surface area (Å²) in [6.45, 7) is 3.47. The maximum atomic E-state index is 12.4. The van der Waals surface area contributed by atoms with Crippen LogP contribution in [-0.2, 0) is 14.8 Å². The van der Waals surface area contributed by atoms with E-state index in [9.17, 15) is 13.2 Å². The van der Waals surface area contributed by atoms with Crippen LogP contribution in [0.15, 0.2) is 45.5 Å². The Labute approximate surface area is 152 Å². The van der Waals surface area contributed by atoms with Gasteiger partial charge in [-0.05, 0) is 57.4 Å². The van der Waals surface area contributed by atoms with Crippen molar-refractivity contribution in [3.63, 3.8) is 0 Å². The fraction of sp³-hybridized carbons (Fsp3) is 0.333. The SMILES string of the molecule is Cc1noc(NS(=O)(=O)c2ccc(N/C=C3/CCCCC3=O)cc2)c1C. The van der Waals surface area contributed by atoms with Gasteiger partial charge in [0, 0.05) is 29.4 Å². The van der Waals surface area contributed by atoms with Crippen molar-refractivity contribution >= 4 is 27.4 Å². The van der Waals surface area contributed by atoms with Crippen LogP contribution in [0.1, 0.15) is 36.9 Å². The van der Waals surface area contributed by atoms with E-state index in [1.54, 1.807) is 32.2 Å². The first kappa shape index (κ1) is 18.2. The molecule has 0 bridgehead atoms. The third kappa shape index (κ3) is 3.96. The minimum absolute atomic E-state index is 0.109. The van der Waals surface area contributed by atoms with E-state index in [1.807, 2.05) is 0 Å². The molecule has 0 atom stereocenters. The van der Waals surface area contributed by atoms with Crippen LogP contribution >= 0.6 is 0 Å². The number of ketones is 1. The molecule has 0 unspecified atom stereocenters. The van der Waals surface area contributed by atoms with Crippen molar-refractivity contribution in [3.05, 3.63) is 47.3 Å². The minimum atomic E-state index is -3.76. The number of anilines is 2. The molecule has 0 spiro atoms. The molecule has 1 aromatic heterocycles. The zero-order valence-corrected chi connectivity index (χ0v) is 15.5. The van der Waals surface area contributed by atoms with Gasteiger partial charge >= 0.3 is 0 Å². The molecular formula is C18H21N3O4S. The molecule has 0 amide bonds. The highest BCUT2D eigenvalue weighted by molar-refractivity contribution is 7.92. The van der Waals surface area contributed by atoms with Crippen molar-refractivity contribution in [2.24, 2.45) is 0 Å². The second-order valence-corrected chi connectivity index (χ2v) is 7.98. The number of sulfonamides is 1. The van der Waals surface area contributed by atoms with E-state index in [0.29, 0.717) is 23.4 Å². The predicted octanol–water partition coefficient (Wildman–Crippen LogP) is 3.53. The van der Waals surface area contributed by atoms with Crippen LogP contribution < -0.4 is 10.0 Å². The maximum absolute atomic E-state index is 12.4. The van der Waals surface area contributed by atoms with Crippen LogP contribution in [-0.4, -0.2) is 19.4 Å². The number of hydrogen-bond donors (Lipinski definition) is 2. The zero-order valence-electron chi connectivity index (χ0n) is 14.7. The van der Waals surface area contributed by atoms with Gasteiger partial charge in [-0.25, -0.2) is 13.1 Å². The number of allylic oxidation sites excluding steroid dienone is 1. The molecule has 1 heterocycles. The summed E-state index contributed by atoms with van der Waals surface area (Å²) >= 11 is 0. The molecule has 26 heavy (non-hydrogen) atoms. The fourth-order valence-electron chi connectivity index (χ4n) is 2.65. The number of aryl methyl sites for hydroxylation is 1. The van der Waals surface area contributed by atoms with Gasteiger partial charge in [0.25, 0.3) is 10.0 Å². The van der Waals surface area contributed by atoms with E-state index in [1.165, 1.54) is 12.1 Å². The van der Waals surface area contributed by atoms with E-state index >= 15 is 0 Å². The molecule has 8 heteroatoms. The molecule has 1 aliphatic carbocycles. The van der Waals surface area contributed by atoms with E-state index in [4.69, 9.17) is 4.52 Å². The Balaban J connectivity index is 1.71. The first-order chi connectivity index (χ1) is 12.4. The molecule has 2 aromatic rings. The highest BCUT2D eigenvalue weighted by atomic mass is 32.2. The lowest BCUT2D eigenvalue weighted by atomic mass is 9.94. The largest absolute Gasteiger partial charge is 0.361 e. The Kier molecular flexibility index (Phi) is 5.13. The van der Waals surface area contributed by atoms with Crippen molar-refractivity contribution in [1.29, 1.82) is 0 Å². The van der Waals surface area contributed by atoms with Gasteiger partial charge in [-0.2, -0.15) is 0 Å². The lowest BCUT2D eigenvalue weighted by Crippen LogP contribution is -2.13. The van der Waals surface area contributed by atoms with Crippen LogP contribution in [0.2, 0.25) is 0 Å². The molecule has 1 aliphatic rings. The van der Waals surface area contributed by atoms with Crippen molar-refractivity contribution in [2.75, 3.05) is 10.0 Å². The predicted molar refractivity (Wildman–Crippen MR) is 98.4 cm³/mol. The summed E-state index contributed by atoms with van der Waals surface area (Å²) in [5, 5.41) is 6.80. The van der Waals surface area contributed by atoms with Gasteiger partial charge in [0.05, 0.1) is 10.6 Å². The standard InChI is InChI=1S/C18H21N3O4S/c1-12-13(2)20-25-18(12)21-26(23,24)16-9-7-15(8-10-16)19-11-14-5-3-4-6-17(14)22/h7-11,19,21H,3-6H2,1-2H3/b14-11-. The third-order valence-electron chi connectivity index (χ3n) is 4.42. The molecule has 1 fully saturated rings. The molecule has 7 nitrogen and oxygen atoms in total. The number of carbonyl (C=O) groups excluding carboxylic acids is 1. The molecular weight excluding hydrogens is 354 g/mol. The minimum Gasteiger partial charge on any atom is -0.361 e. The summed E-state index contributed by atoms with van der Waals surface area (Å²) in [5.74, 6) is 0.287. The molecule has 3 rings (SSSR count). The summed E-state index contributed by atoms with van der Waals surface area (Å²) in [5.41, 5.74) is 2.77. The molecule has 2 N–H and O–H groups in total. The molecule has 138 valence electrons. The topological polar surface area (TPSA) is 101 Å². The van der Waals surface area contributed by atoms with Gasteiger partial charge < -0.3 is 9.84 Å². The number of aromatic nitrogens is 1. The summed E-state index contributed by atoms with van der Waals surface area (Å²) in [6, 6.07) is 6.28. The van der Waals surface area contributed by atoms with Gasteiger partial charge in [0.2, 0.25) is 5.88 Å². The second kappa shape index (κ2) is 7.33. The average molecular weight is 375 g/mol. The van der Waals surface area contributed by atoms with E-state index in [-0.39, 0.29) is 16.6 Å². The average Bonchev–Trinajstić information content (AvgIpc) is 2.93. The summed E-state index contributed by atoms with van der Waals surface area (Å²) in [4.78, 5) is 11.9. The monoisotopic (exact) mass is 375 g/mol. The molecule has 1 aromatic carbocycles. The highest BCUT2D eigenvalue weighted by Crippen LogP contribution is 2.23. The van der Waals surface area contributed by atoms with Gasteiger partial charge in [0.1, 0.15) is 0 Å². The Hall–Kier alpha value is -2.61. The first-order valence-corrected chi connectivity index (χ1v) is 9.89. The van der Waals surface area contributed by atoms with Crippen molar-refractivity contribution in [1.82, 2.24) is 5.16 Å². The Bertz CT molecular complexity index is 943. The van der Waals surface area contributed by atoms with Crippen molar-refractivity contribution in [2.45, 2.75) is 44.4 Å². The number of Topliss-reactive ketones (excluding diaryl/α,β-unsaturated/α-hetero) is 1. The van der Waals surface area contributed by atoms with Gasteiger partial charge in [-0.15, -0.1) is 0 Å². The Morgan fingerprint density at radius 2 is 1.81 bits per heavy atom. The van der Waals surface area contributed by atoms with Crippen molar-refractivity contribution in [3.8, 4) is 0 Å². The van der Waals surface area contributed by atoms with E-state index in [2.05, 4.69) is 15.2 Å². The normalized spacial score (nSPS) is 16.7. The number of rotatable bonds is 5. The fourth-order valence-corrected chi connectivity index (χ4v) is 3.69. The maximum Gasteiger partial charge on any atom is 0.264 e. The Morgan fingerprint density at radius 3 is 2.42 bits per heavy atom. The molecule has 0 aliphatic heterocycles. The number of nitrogens with zero attached hydrogens (tertiary/aromatic N) is 1. The van der Waals surface area contributed by atoms with E-state index < -0.39 is 10.0 Å². The quantitative estimate of drug-likeness (QED) is 0.775. The van der Waals surface area contributed by atoms with E-state index in [0.717, 1.165) is 24.8 Å². The number of benzene rings is 1. The van der Waals surface area contributed by atoms with Crippen LogP contribution in [0.4, 0.5) is 11.6 Å². The highest BCUT2D eigenvalue weighted by Gasteiger charge is 2.19. The second-order valence-electron chi connectivity index (χ2n) is 6.30. The lowest BCUT2D eigenvalue weighted by Gasteiger charge is -2.13. The third-order valence-corrected chi connectivity index (χ3v) is 5.77. The van der Waals surface area contributed by atoms with Crippen LogP contribution in [0.5, 0.6) is 0 Å². The summed E-state index contributed by atoms with van der Waals surface area (Å²) in [7, 11) is -3.76. The number of hydrogen-bond acceptors (Lipinski definition) is 6. The Morgan fingerprint density at radius 1 is 1.12 bits per heavy atom. The number of carbonyl (C=O) groups is 1. The molecule has 0 saturated heterocycles. The lowest BCUT2D eigenvalue weighted by molar-refractivity contribution is -0.116. The summed E-state index contributed by atoms with van der Waals surface area (Å²) in [6.07, 6.45) is 5.04. The van der Waals surface area contributed by atoms with Gasteiger partial charge in [-0.1, -0.05) is 5.16 Å². The van der Waals surface area contributed by atoms with Crippen LogP contribution in [0.3, 0.4) is 0 Å². The molecule has 0 radical (unpaired) electrons. The zero-order chi connectivity index (χ0) is 18.7. The smallest absolute Gasteiger partial charge is 0.264 e. The van der Waals surface area contributed by atoms with Crippen LogP contribution in [0, 0.1) is 13.8 Å². The van der Waals surface area contributed by atoms with Gasteiger partial charge in [0.15, 0.2) is 5.78 Å². The summed E-state index contributed by atoms with van der Waals surface area (Å²) < 4.78 is 32.3. The van der Waals surface area contributed by atoms with Crippen LogP contribution in [0.25, 0.3) is 0 Å².